The van der Waals surface area contributed by atoms with Crippen LogP contribution in [0.2, 0.25) is 0 Å². The minimum atomic E-state index is 0. The summed E-state index contributed by atoms with van der Waals surface area (Å²) in [5, 5.41) is 6.78. The summed E-state index contributed by atoms with van der Waals surface area (Å²) >= 11 is 0. The van der Waals surface area contributed by atoms with E-state index in [0.717, 1.165) is 36.2 Å². The Morgan fingerprint density at radius 3 is 2.65 bits per heavy atom. The number of aryl methyl sites for hydroxylation is 1. The maximum Gasteiger partial charge on any atom is 0.191 e. The van der Waals surface area contributed by atoms with Gasteiger partial charge in [-0.15, -0.1) is 24.0 Å². The van der Waals surface area contributed by atoms with E-state index in [-0.39, 0.29) is 24.0 Å². The maximum atomic E-state index is 5.46. The molecule has 0 bridgehead atoms. The van der Waals surface area contributed by atoms with Crippen molar-refractivity contribution in [2.75, 3.05) is 40.3 Å². The van der Waals surface area contributed by atoms with Crippen LogP contribution in [0, 0.1) is 12.8 Å². The summed E-state index contributed by atoms with van der Waals surface area (Å²) < 4.78 is 5.46. The first-order chi connectivity index (χ1) is 12.1. The number of guanidine groups is 1. The predicted octanol–water partition coefficient (Wildman–Crippen LogP) is 3.41. The van der Waals surface area contributed by atoms with E-state index in [4.69, 9.17) is 4.74 Å². The molecule has 1 aromatic carbocycles. The lowest BCUT2D eigenvalue weighted by atomic mass is 9.99. The zero-order valence-electron chi connectivity index (χ0n) is 16.7. The third kappa shape index (κ3) is 7.70. The topological polar surface area (TPSA) is 48.9 Å². The highest BCUT2D eigenvalue weighted by atomic mass is 127. The van der Waals surface area contributed by atoms with E-state index in [1.807, 2.05) is 7.05 Å². The Bertz CT molecular complexity index is 557. The number of hydrogen-bond donors (Lipinski definition) is 2. The standard InChI is InChI=1S/C20H34N4O.HI/c1-16-8-12-24(13-9-16)11-5-10-22-20(21-3)23-15-18-7-6-17(2)14-19(18)25-4;/h6-7,14,16H,5,8-13,15H2,1-4H3,(H2,21,22,23);1H. The van der Waals surface area contributed by atoms with Gasteiger partial charge in [-0.2, -0.15) is 0 Å². The molecule has 2 N–H and O–H groups in total. The minimum absolute atomic E-state index is 0. The van der Waals surface area contributed by atoms with Crippen LogP contribution in [0.15, 0.2) is 23.2 Å². The summed E-state index contributed by atoms with van der Waals surface area (Å²) in [4.78, 5) is 6.89. The number of piperidine rings is 1. The van der Waals surface area contributed by atoms with Gasteiger partial charge in [0, 0.05) is 25.7 Å². The van der Waals surface area contributed by atoms with Gasteiger partial charge in [-0.05, 0) is 63.4 Å². The molecule has 26 heavy (non-hydrogen) atoms. The molecule has 0 unspecified atom stereocenters. The number of likely N-dealkylation sites (tertiary alicyclic amines) is 1. The van der Waals surface area contributed by atoms with Crippen molar-refractivity contribution in [1.29, 1.82) is 0 Å². The van der Waals surface area contributed by atoms with Crippen LogP contribution in [-0.4, -0.2) is 51.2 Å². The van der Waals surface area contributed by atoms with Crippen LogP contribution in [0.25, 0.3) is 0 Å². The third-order valence-corrected chi connectivity index (χ3v) is 4.93. The Balaban J connectivity index is 0.00000338. The molecular formula is C20H35IN4O. The average molecular weight is 474 g/mol. The molecule has 148 valence electrons. The number of nitrogens with zero attached hydrogens (tertiary/aromatic N) is 2. The molecule has 0 radical (unpaired) electrons. The highest BCUT2D eigenvalue weighted by molar-refractivity contribution is 14.0. The van der Waals surface area contributed by atoms with Crippen molar-refractivity contribution >= 4 is 29.9 Å². The smallest absolute Gasteiger partial charge is 0.191 e. The van der Waals surface area contributed by atoms with Crippen molar-refractivity contribution in [2.24, 2.45) is 10.9 Å². The van der Waals surface area contributed by atoms with Gasteiger partial charge < -0.3 is 20.3 Å². The van der Waals surface area contributed by atoms with Crippen molar-refractivity contribution in [2.45, 2.75) is 39.7 Å². The fraction of sp³-hybridized carbons (Fsp3) is 0.650. The summed E-state index contributed by atoms with van der Waals surface area (Å²) in [6.45, 7) is 9.75. The van der Waals surface area contributed by atoms with Crippen LogP contribution >= 0.6 is 24.0 Å². The first kappa shape index (κ1) is 23.0. The van der Waals surface area contributed by atoms with E-state index in [9.17, 15) is 0 Å². The number of halogens is 1. The van der Waals surface area contributed by atoms with Gasteiger partial charge in [0.1, 0.15) is 5.75 Å². The van der Waals surface area contributed by atoms with E-state index in [0.29, 0.717) is 6.54 Å². The van der Waals surface area contributed by atoms with Gasteiger partial charge in [0.15, 0.2) is 5.96 Å². The summed E-state index contributed by atoms with van der Waals surface area (Å²) in [7, 11) is 3.53. The normalized spacial score (nSPS) is 16.1. The molecule has 1 aliphatic heterocycles. The van der Waals surface area contributed by atoms with Crippen molar-refractivity contribution < 1.29 is 4.74 Å². The van der Waals surface area contributed by atoms with E-state index < -0.39 is 0 Å². The second-order valence-corrected chi connectivity index (χ2v) is 7.05. The van der Waals surface area contributed by atoms with E-state index >= 15 is 0 Å². The lowest BCUT2D eigenvalue weighted by molar-refractivity contribution is 0.191. The second-order valence-electron chi connectivity index (χ2n) is 7.05. The van der Waals surface area contributed by atoms with Gasteiger partial charge in [0.25, 0.3) is 0 Å². The van der Waals surface area contributed by atoms with Crippen LogP contribution in [0.3, 0.4) is 0 Å². The Kier molecular flexibility index (Phi) is 11.0. The summed E-state index contributed by atoms with van der Waals surface area (Å²) in [6.07, 6.45) is 3.83. The molecule has 0 atom stereocenters. The third-order valence-electron chi connectivity index (χ3n) is 4.93. The fourth-order valence-corrected chi connectivity index (χ4v) is 3.19. The number of ether oxygens (including phenoxy) is 1. The van der Waals surface area contributed by atoms with Crippen molar-refractivity contribution in [1.82, 2.24) is 15.5 Å². The van der Waals surface area contributed by atoms with Gasteiger partial charge in [-0.3, -0.25) is 4.99 Å². The molecule has 1 fully saturated rings. The van der Waals surface area contributed by atoms with Gasteiger partial charge in [-0.25, -0.2) is 0 Å². The molecule has 0 aromatic heterocycles. The minimum Gasteiger partial charge on any atom is -0.496 e. The monoisotopic (exact) mass is 474 g/mol. The average Bonchev–Trinajstić information content (AvgIpc) is 2.63. The van der Waals surface area contributed by atoms with E-state index in [2.05, 4.69) is 52.6 Å². The number of nitrogens with one attached hydrogen (secondary N) is 2. The SMILES string of the molecule is CN=C(NCCCN1CCC(C)CC1)NCc1ccc(C)cc1OC.I. The Hall–Kier alpha value is -1.02. The predicted molar refractivity (Wildman–Crippen MR) is 121 cm³/mol. The maximum absolute atomic E-state index is 5.46. The van der Waals surface area contributed by atoms with Crippen LogP contribution < -0.4 is 15.4 Å². The van der Waals surface area contributed by atoms with E-state index in [1.165, 1.54) is 38.0 Å². The number of benzene rings is 1. The largest absolute Gasteiger partial charge is 0.496 e. The Morgan fingerprint density at radius 1 is 1.27 bits per heavy atom. The van der Waals surface area contributed by atoms with Crippen molar-refractivity contribution in [3.8, 4) is 5.75 Å². The first-order valence-electron chi connectivity index (χ1n) is 9.42. The quantitative estimate of drug-likeness (QED) is 0.275. The summed E-state index contributed by atoms with van der Waals surface area (Å²) in [5.74, 6) is 2.66. The van der Waals surface area contributed by atoms with Crippen LogP contribution in [0.4, 0.5) is 0 Å². The Labute approximate surface area is 176 Å². The molecule has 0 saturated carbocycles. The van der Waals surface area contributed by atoms with E-state index in [1.54, 1.807) is 7.11 Å². The lowest BCUT2D eigenvalue weighted by Crippen LogP contribution is -2.39. The molecule has 1 saturated heterocycles. The van der Waals surface area contributed by atoms with Gasteiger partial charge in [0.05, 0.1) is 7.11 Å². The van der Waals surface area contributed by atoms with Crippen LogP contribution in [0.1, 0.15) is 37.3 Å². The lowest BCUT2D eigenvalue weighted by Gasteiger charge is -2.30. The number of methoxy groups -OCH3 is 1. The summed E-state index contributed by atoms with van der Waals surface area (Å²) in [6, 6.07) is 6.27. The fourth-order valence-electron chi connectivity index (χ4n) is 3.19. The molecule has 5 nitrogen and oxygen atoms in total. The molecule has 0 spiro atoms. The highest BCUT2D eigenvalue weighted by Crippen LogP contribution is 2.19. The number of aliphatic imine (C=N–C) groups is 1. The summed E-state index contributed by atoms with van der Waals surface area (Å²) in [5.41, 5.74) is 2.34. The number of rotatable bonds is 7. The molecule has 0 aliphatic carbocycles. The molecule has 2 rings (SSSR count). The zero-order valence-corrected chi connectivity index (χ0v) is 19.0. The van der Waals surface area contributed by atoms with Crippen LogP contribution in [-0.2, 0) is 6.54 Å². The molecule has 1 aliphatic rings. The zero-order chi connectivity index (χ0) is 18.1. The highest BCUT2D eigenvalue weighted by Gasteiger charge is 2.14. The van der Waals surface area contributed by atoms with Crippen LogP contribution in [0.5, 0.6) is 5.75 Å². The second kappa shape index (κ2) is 12.4. The van der Waals surface area contributed by atoms with Gasteiger partial charge in [-0.1, -0.05) is 19.1 Å². The van der Waals surface area contributed by atoms with Crippen molar-refractivity contribution in [3.63, 3.8) is 0 Å². The molecule has 0 amide bonds. The van der Waals surface area contributed by atoms with Gasteiger partial charge in [0.2, 0.25) is 0 Å². The first-order valence-corrected chi connectivity index (χ1v) is 9.42. The van der Waals surface area contributed by atoms with Gasteiger partial charge >= 0.3 is 0 Å². The van der Waals surface area contributed by atoms with Crippen molar-refractivity contribution in [3.05, 3.63) is 29.3 Å². The molecular weight excluding hydrogens is 439 g/mol. The molecule has 6 heteroatoms. The number of hydrogen-bond acceptors (Lipinski definition) is 3. The molecule has 1 heterocycles. The molecule has 1 aromatic rings. The Morgan fingerprint density at radius 2 is 2.00 bits per heavy atom.